The van der Waals surface area contributed by atoms with E-state index in [1.54, 1.807) is 7.11 Å². The Labute approximate surface area is 116 Å². The maximum Gasteiger partial charge on any atom is 0.122 e. The molecule has 19 heavy (non-hydrogen) atoms. The van der Waals surface area contributed by atoms with Crippen LogP contribution in [0.2, 0.25) is 0 Å². The van der Waals surface area contributed by atoms with Crippen LogP contribution in [0.25, 0.3) is 0 Å². The maximum atomic E-state index is 5.98. The molecule has 0 amide bonds. The second-order valence-electron chi connectivity index (χ2n) is 5.78. The first-order chi connectivity index (χ1) is 9.10. The molecule has 1 aromatic rings. The monoisotopic (exact) mass is 262 g/mol. The summed E-state index contributed by atoms with van der Waals surface area (Å²) in [5.74, 6) is 1.69. The highest BCUT2D eigenvalue weighted by Gasteiger charge is 2.21. The van der Waals surface area contributed by atoms with Gasteiger partial charge >= 0.3 is 0 Å². The van der Waals surface area contributed by atoms with Crippen LogP contribution < -0.4 is 10.5 Å². The molecule has 2 N–H and O–H groups in total. The molecule has 1 fully saturated rings. The number of likely N-dealkylation sites (tertiary alicyclic amines) is 1. The van der Waals surface area contributed by atoms with Crippen LogP contribution in [0.15, 0.2) is 18.2 Å². The molecule has 1 aliphatic rings. The molecule has 1 aromatic carbocycles. The molecule has 106 valence electrons. The number of hydrogen-bond donors (Lipinski definition) is 1. The first-order valence-corrected chi connectivity index (χ1v) is 7.21. The van der Waals surface area contributed by atoms with Gasteiger partial charge in [-0.2, -0.15) is 0 Å². The minimum atomic E-state index is 0.335. The van der Waals surface area contributed by atoms with Gasteiger partial charge in [-0.3, -0.25) is 4.90 Å². The van der Waals surface area contributed by atoms with Crippen LogP contribution in [-0.2, 0) is 6.54 Å². The van der Waals surface area contributed by atoms with Crippen LogP contribution in [0.5, 0.6) is 5.75 Å². The molecule has 3 nitrogen and oxygen atoms in total. The predicted molar refractivity (Wildman–Crippen MR) is 79.4 cm³/mol. The Bertz CT molecular complexity index is 409. The molecule has 0 saturated carbocycles. The Morgan fingerprint density at radius 1 is 1.37 bits per heavy atom. The fraction of sp³-hybridized carbons (Fsp3) is 0.625. The van der Waals surface area contributed by atoms with Crippen molar-refractivity contribution >= 4 is 0 Å². The highest BCUT2D eigenvalue weighted by Crippen LogP contribution is 2.23. The summed E-state index contributed by atoms with van der Waals surface area (Å²) < 4.78 is 5.39. The summed E-state index contributed by atoms with van der Waals surface area (Å²) in [4.78, 5) is 2.52. The van der Waals surface area contributed by atoms with Crippen LogP contribution in [0.1, 0.15) is 30.9 Å². The van der Waals surface area contributed by atoms with E-state index in [1.807, 2.05) is 0 Å². The molecule has 1 heterocycles. The molecular weight excluding hydrogens is 236 g/mol. The second-order valence-corrected chi connectivity index (χ2v) is 5.78. The molecule has 1 unspecified atom stereocenters. The molecule has 3 heteroatoms. The standard InChI is InChI=1S/C16H26N2O/c1-12-4-5-14(10-16(12)19-3)11-18-8-6-15(7-9-18)13(2)17/h4-5,10,13,15H,6-9,11,17H2,1-3H3. The van der Waals surface area contributed by atoms with Gasteiger partial charge in [0.2, 0.25) is 0 Å². The van der Waals surface area contributed by atoms with Crippen molar-refractivity contribution in [3.63, 3.8) is 0 Å². The fourth-order valence-corrected chi connectivity index (χ4v) is 2.86. The van der Waals surface area contributed by atoms with Crippen molar-refractivity contribution in [1.29, 1.82) is 0 Å². The second kappa shape index (κ2) is 6.40. The minimum absolute atomic E-state index is 0.335. The maximum absolute atomic E-state index is 5.98. The molecule has 2 rings (SSSR count). The number of ether oxygens (including phenoxy) is 1. The highest BCUT2D eigenvalue weighted by atomic mass is 16.5. The summed E-state index contributed by atoms with van der Waals surface area (Å²) in [5, 5.41) is 0. The van der Waals surface area contributed by atoms with Crippen molar-refractivity contribution in [1.82, 2.24) is 4.90 Å². The smallest absolute Gasteiger partial charge is 0.122 e. The Balaban J connectivity index is 1.92. The van der Waals surface area contributed by atoms with Crippen LogP contribution in [0.3, 0.4) is 0 Å². The largest absolute Gasteiger partial charge is 0.496 e. The van der Waals surface area contributed by atoms with E-state index in [1.165, 1.54) is 24.0 Å². The SMILES string of the molecule is COc1cc(CN2CCC(C(C)N)CC2)ccc1C. The molecule has 1 aliphatic heterocycles. The quantitative estimate of drug-likeness (QED) is 0.906. The number of piperidine rings is 1. The molecule has 1 atom stereocenters. The van der Waals surface area contributed by atoms with Crippen LogP contribution in [0.4, 0.5) is 0 Å². The number of benzene rings is 1. The third kappa shape index (κ3) is 3.71. The van der Waals surface area contributed by atoms with Gasteiger partial charge in [-0.1, -0.05) is 12.1 Å². The summed E-state index contributed by atoms with van der Waals surface area (Å²) in [5.41, 5.74) is 8.52. The van der Waals surface area contributed by atoms with E-state index in [4.69, 9.17) is 10.5 Å². The molecule has 0 aliphatic carbocycles. The van der Waals surface area contributed by atoms with Gasteiger partial charge in [-0.15, -0.1) is 0 Å². The Kier molecular flexibility index (Phi) is 4.83. The first-order valence-electron chi connectivity index (χ1n) is 7.21. The fourth-order valence-electron chi connectivity index (χ4n) is 2.86. The topological polar surface area (TPSA) is 38.5 Å². The van der Waals surface area contributed by atoms with E-state index in [-0.39, 0.29) is 0 Å². The van der Waals surface area contributed by atoms with Gasteiger partial charge < -0.3 is 10.5 Å². The third-order valence-corrected chi connectivity index (χ3v) is 4.25. The third-order valence-electron chi connectivity index (χ3n) is 4.25. The normalized spacial score (nSPS) is 19.4. The number of methoxy groups -OCH3 is 1. The van der Waals surface area contributed by atoms with Crippen LogP contribution in [-0.4, -0.2) is 31.1 Å². The van der Waals surface area contributed by atoms with Crippen LogP contribution >= 0.6 is 0 Å². The Hall–Kier alpha value is -1.06. The summed E-state index contributed by atoms with van der Waals surface area (Å²) in [6, 6.07) is 6.84. The van der Waals surface area contributed by atoms with Crippen LogP contribution in [0, 0.1) is 12.8 Å². The predicted octanol–water partition coefficient (Wildman–Crippen LogP) is 2.56. The lowest BCUT2D eigenvalue weighted by Gasteiger charge is -2.33. The van der Waals surface area contributed by atoms with E-state index in [9.17, 15) is 0 Å². The minimum Gasteiger partial charge on any atom is -0.496 e. The highest BCUT2D eigenvalue weighted by molar-refractivity contribution is 5.36. The lowest BCUT2D eigenvalue weighted by atomic mass is 9.91. The number of nitrogens with zero attached hydrogens (tertiary/aromatic N) is 1. The number of hydrogen-bond acceptors (Lipinski definition) is 3. The zero-order valence-electron chi connectivity index (χ0n) is 12.4. The van der Waals surface area contributed by atoms with E-state index in [0.29, 0.717) is 12.0 Å². The van der Waals surface area contributed by atoms with Gasteiger partial charge in [0.1, 0.15) is 5.75 Å². The average molecular weight is 262 g/mol. The van der Waals surface area contributed by atoms with Gasteiger partial charge in [0.05, 0.1) is 7.11 Å². The van der Waals surface area contributed by atoms with Gasteiger partial charge in [0.15, 0.2) is 0 Å². The van der Waals surface area contributed by atoms with Gasteiger partial charge in [0.25, 0.3) is 0 Å². The molecule has 1 saturated heterocycles. The van der Waals surface area contributed by atoms with Crippen molar-refractivity contribution in [2.45, 2.75) is 39.3 Å². The average Bonchev–Trinajstić information content (AvgIpc) is 2.41. The van der Waals surface area contributed by atoms with Gasteiger partial charge in [0, 0.05) is 12.6 Å². The molecular formula is C16H26N2O. The number of rotatable bonds is 4. The van der Waals surface area contributed by atoms with E-state index < -0.39 is 0 Å². The lowest BCUT2D eigenvalue weighted by molar-refractivity contribution is 0.165. The van der Waals surface area contributed by atoms with E-state index in [0.717, 1.165) is 25.4 Å². The van der Waals surface area contributed by atoms with Crippen molar-refractivity contribution in [2.75, 3.05) is 20.2 Å². The summed E-state index contributed by atoms with van der Waals surface area (Å²) in [6.07, 6.45) is 2.45. The van der Waals surface area contributed by atoms with Gasteiger partial charge in [-0.25, -0.2) is 0 Å². The Morgan fingerprint density at radius 3 is 2.63 bits per heavy atom. The van der Waals surface area contributed by atoms with Crippen molar-refractivity contribution in [3.8, 4) is 5.75 Å². The van der Waals surface area contributed by atoms with Crippen molar-refractivity contribution in [2.24, 2.45) is 11.7 Å². The first kappa shape index (κ1) is 14.4. The van der Waals surface area contributed by atoms with Crippen molar-refractivity contribution < 1.29 is 4.74 Å². The lowest BCUT2D eigenvalue weighted by Crippen LogP contribution is -2.39. The van der Waals surface area contributed by atoms with Gasteiger partial charge in [-0.05, 0) is 62.9 Å². The van der Waals surface area contributed by atoms with Crippen molar-refractivity contribution in [3.05, 3.63) is 29.3 Å². The summed E-state index contributed by atoms with van der Waals surface area (Å²) in [7, 11) is 1.74. The van der Waals surface area contributed by atoms with E-state index >= 15 is 0 Å². The molecule has 0 aromatic heterocycles. The molecule has 0 radical (unpaired) electrons. The summed E-state index contributed by atoms with van der Waals surface area (Å²) >= 11 is 0. The zero-order chi connectivity index (χ0) is 13.8. The molecule has 0 bridgehead atoms. The summed E-state index contributed by atoms with van der Waals surface area (Å²) in [6.45, 7) is 7.54. The molecule has 0 spiro atoms. The number of aryl methyl sites for hydroxylation is 1. The van der Waals surface area contributed by atoms with E-state index in [2.05, 4.69) is 36.9 Å². The number of nitrogens with two attached hydrogens (primary N) is 1. The Morgan fingerprint density at radius 2 is 2.05 bits per heavy atom. The zero-order valence-corrected chi connectivity index (χ0v) is 12.4.